The Hall–Kier alpha value is -2.06. The Bertz CT molecular complexity index is 808. The second kappa shape index (κ2) is 4.74. The largest absolute Gasteiger partial charge is 0.399 e. The first-order valence-corrected chi connectivity index (χ1v) is 7.43. The molecular formula is C13H12FN5OS. The van der Waals surface area contributed by atoms with Crippen LogP contribution in [0.25, 0.3) is 15.5 Å². The highest BCUT2D eigenvalue weighted by atomic mass is 32.1. The molecule has 1 aliphatic rings. The number of rotatable bonds is 2. The van der Waals surface area contributed by atoms with E-state index in [1.54, 1.807) is 10.6 Å². The van der Waals surface area contributed by atoms with Gasteiger partial charge < -0.3 is 10.5 Å². The van der Waals surface area contributed by atoms with E-state index in [4.69, 9.17) is 10.5 Å². The summed E-state index contributed by atoms with van der Waals surface area (Å²) < 4.78 is 21.2. The van der Waals surface area contributed by atoms with Crippen molar-refractivity contribution in [3.63, 3.8) is 0 Å². The molecule has 108 valence electrons. The summed E-state index contributed by atoms with van der Waals surface area (Å²) in [4.78, 5) is 0.623. The molecule has 0 radical (unpaired) electrons. The second-order valence-corrected chi connectivity index (χ2v) is 5.86. The van der Waals surface area contributed by atoms with E-state index in [2.05, 4.69) is 15.3 Å². The number of halogens is 1. The number of anilines is 1. The molecular weight excluding hydrogens is 293 g/mol. The molecule has 1 unspecified atom stereocenters. The van der Waals surface area contributed by atoms with Crippen molar-refractivity contribution in [3.05, 3.63) is 29.8 Å². The maximum absolute atomic E-state index is 13.9. The molecule has 1 saturated heterocycles. The molecule has 2 aromatic heterocycles. The minimum absolute atomic E-state index is 0.0827. The van der Waals surface area contributed by atoms with Crippen LogP contribution in [0.2, 0.25) is 0 Å². The topological polar surface area (TPSA) is 78.3 Å². The molecule has 1 aromatic carbocycles. The van der Waals surface area contributed by atoms with Crippen LogP contribution in [0.4, 0.5) is 10.1 Å². The average Bonchev–Trinajstić information content (AvgIpc) is 3.15. The maximum atomic E-state index is 13.9. The first kappa shape index (κ1) is 12.7. The molecule has 4 rings (SSSR count). The monoisotopic (exact) mass is 305 g/mol. The Morgan fingerprint density at radius 3 is 3.10 bits per heavy atom. The Morgan fingerprint density at radius 1 is 1.38 bits per heavy atom. The van der Waals surface area contributed by atoms with Gasteiger partial charge in [0.05, 0.1) is 5.56 Å². The lowest BCUT2D eigenvalue weighted by atomic mass is 10.2. The number of nitrogens with two attached hydrogens (primary N) is 1. The summed E-state index contributed by atoms with van der Waals surface area (Å²) in [6.45, 7) is 0.723. The van der Waals surface area contributed by atoms with E-state index in [1.165, 1.54) is 23.5 Å². The van der Waals surface area contributed by atoms with Gasteiger partial charge in [-0.25, -0.2) is 4.39 Å². The van der Waals surface area contributed by atoms with Gasteiger partial charge in [-0.2, -0.15) is 9.61 Å². The summed E-state index contributed by atoms with van der Waals surface area (Å²) in [5, 5.41) is 13.2. The van der Waals surface area contributed by atoms with Crippen LogP contribution < -0.4 is 5.73 Å². The predicted molar refractivity (Wildman–Crippen MR) is 76.4 cm³/mol. The van der Waals surface area contributed by atoms with Crippen molar-refractivity contribution in [3.8, 4) is 10.6 Å². The van der Waals surface area contributed by atoms with Gasteiger partial charge in [0.2, 0.25) is 4.96 Å². The highest BCUT2D eigenvalue weighted by molar-refractivity contribution is 7.19. The molecule has 3 heterocycles. The van der Waals surface area contributed by atoms with Crippen molar-refractivity contribution in [2.45, 2.75) is 18.9 Å². The SMILES string of the molecule is Nc1ccc(F)c(-c2nn3c(C4CCCO4)nnc3s2)c1. The van der Waals surface area contributed by atoms with Gasteiger partial charge in [0.1, 0.15) is 11.9 Å². The number of nitrogens with zero attached hydrogens (tertiary/aromatic N) is 4. The van der Waals surface area contributed by atoms with Crippen molar-refractivity contribution in [1.82, 2.24) is 19.8 Å². The summed E-state index contributed by atoms with van der Waals surface area (Å²) in [6, 6.07) is 4.44. The predicted octanol–water partition coefficient (Wildman–Crippen LogP) is 2.43. The molecule has 8 heteroatoms. The number of aromatic nitrogens is 4. The fourth-order valence-electron chi connectivity index (χ4n) is 2.43. The quantitative estimate of drug-likeness (QED) is 0.736. The van der Waals surface area contributed by atoms with Gasteiger partial charge in [-0.05, 0) is 31.0 Å². The van der Waals surface area contributed by atoms with Gasteiger partial charge in [-0.1, -0.05) is 11.3 Å². The fourth-order valence-corrected chi connectivity index (χ4v) is 3.29. The number of hydrogen-bond acceptors (Lipinski definition) is 6. The number of benzene rings is 1. The lowest BCUT2D eigenvalue weighted by Crippen LogP contribution is -2.03. The molecule has 1 fully saturated rings. The zero-order valence-corrected chi connectivity index (χ0v) is 11.8. The van der Waals surface area contributed by atoms with Crippen LogP contribution in [0.15, 0.2) is 18.2 Å². The van der Waals surface area contributed by atoms with Crippen LogP contribution in [0.3, 0.4) is 0 Å². The minimum atomic E-state index is -0.354. The van der Waals surface area contributed by atoms with Gasteiger partial charge >= 0.3 is 0 Å². The average molecular weight is 305 g/mol. The number of ether oxygens (including phenoxy) is 1. The minimum Gasteiger partial charge on any atom is -0.399 e. The van der Waals surface area contributed by atoms with Crippen LogP contribution in [0.1, 0.15) is 24.8 Å². The van der Waals surface area contributed by atoms with Gasteiger partial charge in [-0.15, -0.1) is 10.2 Å². The van der Waals surface area contributed by atoms with Crippen LogP contribution >= 0.6 is 11.3 Å². The molecule has 0 aliphatic carbocycles. The number of hydrogen-bond donors (Lipinski definition) is 1. The van der Waals surface area contributed by atoms with Gasteiger partial charge in [0.15, 0.2) is 10.8 Å². The molecule has 6 nitrogen and oxygen atoms in total. The van der Waals surface area contributed by atoms with Crippen molar-refractivity contribution in [2.24, 2.45) is 0 Å². The second-order valence-electron chi connectivity index (χ2n) is 4.90. The lowest BCUT2D eigenvalue weighted by molar-refractivity contribution is 0.103. The molecule has 3 aromatic rings. The summed E-state index contributed by atoms with van der Waals surface area (Å²) in [6.07, 6.45) is 1.82. The highest BCUT2D eigenvalue weighted by Gasteiger charge is 2.25. The van der Waals surface area contributed by atoms with Crippen molar-refractivity contribution >= 4 is 22.0 Å². The first-order chi connectivity index (χ1) is 10.2. The molecule has 21 heavy (non-hydrogen) atoms. The zero-order valence-electron chi connectivity index (χ0n) is 11.0. The number of nitrogen functional groups attached to an aromatic ring is 1. The van der Waals surface area contributed by atoms with Crippen LogP contribution in [0, 0.1) is 5.82 Å². The van der Waals surface area contributed by atoms with E-state index in [-0.39, 0.29) is 11.9 Å². The zero-order chi connectivity index (χ0) is 14.4. The highest BCUT2D eigenvalue weighted by Crippen LogP contribution is 2.32. The first-order valence-electron chi connectivity index (χ1n) is 6.61. The van der Waals surface area contributed by atoms with E-state index in [9.17, 15) is 4.39 Å². The van der Waals surface area contributed by atoms with Gasteiger partial charge in [0.25, 0.3) is 0 Å². The molecule has 1 atom stereocenters. The molecule has 0 bridgehead atoms. The summed E-state index contributed by atoms with van der Waals surface area (Å²) in [7, 11) is 0. The third-order valence-electron chi connectivity index (χ3n) is 3.45. The summed E-state index contributed by atoms with van der Waals surface area (Å²) >= 11 is 1.28. The van der Waals surface area contributed by atoms with Crippen LogP contribution in [0.5, 0.6) is 0 Å². The maximum Gasteiger partial charge on any atom is 0.235 e. The lowest BCUT2D eigenvalue weighted by Gasteiger charge is -2.04. The Labute approximate surface area is 123 Å². The van der Waals surface area contributed by atoms with Crippen molar-refractivity contribution < 1.29 is 9.13 Å². The molecule has 0 saturated carbocycles. The third kappa shape index (κ3) is 2.07. The Balaban J connectivity index is 1.82. The van der Waals surface area contributed by atoms with E-state index in [0.29, 0.717) is 27.0 Å². The van der Waals surface area contributed by atoms with Crippen LogP contribution in [-0.2, 0) is 4.74 Å². The van der Waals surface area contributed by atoms with Crippen molar-refractivity contribution in [1.29, 1.82) is 0 Å². The normalized spacial score (nSPS) is 18.6. The van der Waals surface area contributed by atoms with E-state index in [1.807, 2.05) is 0 Å². The molecule has 0 amide bonds. The number of fused-ring (bicyclic) bond motifs is 1. The standard InChI is InChI=1S/C13H12FN5OS/c14-9-4-3-7(15)6-8(9)12-18-19-11(10-2-1-5-20-10)16-17-13(19)21-12/h3-4,6,10H,1-2,5,15H2. The van der Waals surface area contributed by atoms with Gasteiger partial charge in [-0.3, -0.25) is 0 Å². The smallest absolute Gasteiger partial charge is 0.235 e. The summed E-state index contributed by atoms with van der Waals surface area (Å²) in [5.41, 5.74) is 6.59. The third-order valence-corrected chi connectivity index (χ3v) is 4.39. The van der Waals surface area contributed by atoms with Crippen LogP contribution in [-0.4, -0.2) is 26.4 Å². The molecule has 1 aliphatic heterocycles. The molecule has 2 N–H and O–H groups in total. The van der Waals surface area contributed by atoms with E-state index < -0.39 is 0 Å². The van der Waals surface area contributed by atoms with E-state index in [0.717, 1.165) is 19.4 Å². The molecule has 0 spiro atoms. The summed E-state index contributed by atoms with van der Waals surface area (Å²) in [5.74, 6) is 0.321. The Kier molecular flexibility index (Phi) is 2.86. The Morgan fingerprint density at radius 2 is 2.29 bits per heavy atom. The van der Waals surface area contributed by atoms with Gasteiger partial charge in [0, 0.05) is 12.3 Å². The fraction of sp³-hybridized carbons (Fsp3) is 0.308. The van der Waals surface area contributed by atoms with Crippen molar-refractivity contribution in [2.75, 3.05) is 12.3 Å². The van der Waals surface area contributed by atoms with E-state index >= 15 is 0 Å².